The van der Waals surface area contributed by atoms with Crippen LogP contribution in [0.1, 0.15) is 23.5 Å². The fraction of sp³-hybridized carbons (Fsp3) is 0.368. The molecule has 6 heteroatoms. The van der Waals surface area contributed by atoms with Crippen molar-refractivity contribution < 1.29 is 4.79 Å². The number of thiazole rings is 1. The first-order valence-electron chi connectivity index (χ1n) is 8.60. The van der Waals surface area contributed by atoms with Gasteiger partial charge in [0.2, 0.25) is 0 Å². The molecule has 25 heavy (non-hydrogen) atoms. The maximum atomic E-state index is 12.3. The summed E-state index contributed by atoms with van der Waals surface area (Å²) in [5.74, 6) is 0.225. The lowest BCUT2D eigenvalue weighted by molar-refractivity contribution is -0.119. The molecule has 0 aliphatic carbocycles. The molecule has 0 N–H and O–H groups in total. The van der Waals surface area contributed by atoms with Crippen LogP contribution in [-0.4, -0.2) is 45.3 Å². The predicted molar refractivity (Wildman–Crippen MR) is 99.8 cm³/mol. The van der Waals surface area contributed by atoms with E-state index in [2.05, 4.69) is 14.9 Å². The van der Waals surface area contributed by atoms with Crippen LogP contribution in [0.3, 0.4) is 0 Å². The molecule has 0 bridgehead atoms. The highest BCUT2D eigenvalue weighted by Crippen LogP contribution is 2.26. The van der Waals surface area contributed by atoms with Crippen LogP contribution in [0.25, 0.3) is 21.5 Å². The summed E-state index contributed by atoms with van der Waals surface area (Å²) in [4.78, 5) is 29.0. The third-order valence-electron chi connectivity index (χ3n) is 4.48. The predicted octanol–water partition coefficient (Wildman–Crippen LogP) is 3.27. The highest BCUT2D eigenvalue weighted by atomic mass is 32.1. The number of pyridine rings is 2. The number of Topliss-reactive ketones (excluding diaryl/α,β-unsaturated/α-hetero) is 1. The van der Waals surface area contributed by atoms with Gasteiger partial charge in [0.1, 0.15) is 0 Å². The molecule has 4 rings (SSSR count). The van der Waals surface area contributed by atoms with Crippen molar-refractivity contribution >= 4 is 28.0 Å². The molecule has 1 saturated heterocycles. The van der Waals surface area contributed by atoms with Gasteiger partial charge in [0.15, 0.2) is 5.78 Å². The first-order chi connectivity index (χ1) is 12.2. The van der Waals surface area contributed by atoms with Crippen LogP contribution < -0.4 is 0 Å². The van der Waals surface area contributed by atoms with Gasteiger partial charge >= 0.3 is 0 Å². The fourth-order valence-electron chi connectivity index (χ4n) is 3.22. The van der Waals surface area contributed by atoms with Crippen molar-refractivity contribution in [3.63, 3.8) is 0 Å². The summed E-state index contributed by atoms with van der Waals surface area (Å²) in [5.41, 5.74) is 2.59. The number of hydrogen-bond donors (Lipinski definition) is 0. The Balaban J connectivity index is 1.54. The Morgan fingerprint density at radius 1 is 1.20 bits per heavy atom. The second kappa shape index (κ2) is 6.98. The zero-order chi connectivity index (χ0) is 17.2. The minimum atomic E-state index is 0.225. The van der Waals surface area contributed by atoms with Crippen LogP contribution in [0, 0.1) is 6.92 Å². The van der Waals surface area contributed by atoms with E-state index < -0.39 is 0 Å². The molecule has 0 aromatic carbocycles. The van der Waals surface area contributed by atoms with Crippen LogP contribution >= 0.6 is 11.3 Å². The molecular formula is C19H20N4OS. The van der Waals surface area contributed by atoms with Crippen molar-refractivity contribution in [2.75, 3.05) is 19.6 Å². The highest BCUT2D eigenvalue weighted by molar-refractivity contribution is 7.15. The Kier molecular flexibility index (Phi) is 4.55. The molecule has 3 aromatic rings. The van der Waals surface area contributed by atoms with E-state index in [9.17, 15) is 4.79 Å². The summed E-state index contributed by atoms with van der Waals surface area (Å²) in [6.07, 6.45) is 6.44. The molecule has 0 unspecified atom stereocenters. The molecule has 0 spiro atoms. The van der Waals surface area contributed by atoms with Crippen molar-refractivity contribution in [3.05, 3.63) is 41.3 Å². The summed E-state index contributed by atoms with van der Waals surface area (Å²) >= 11 is 1.63. The average Bonchev–Trinajstić information content (AvgIpc) is 3.26. The smallest absolute Gasteiger partial charge is 0.152 e. The molecule has 1 fully saturated rings. The first kappa shape index (κ1) is 16.3. The SMILES string of the molecule is Cc1ncc(-c2ccc3cnc(CC(=O)CN4CCCC4)cc3n2)s1. The summed E-state index contributed by atoms with van der Waals surface area (Å²) in [6, 6.07) is 5.96. The average molecular weight is 352 g/mol. The third-order valence-corrected chi connectivity index (χ3v) is 5.42. The maximum absolute atomic E-state index is 12.3. The molecule has 3 aromatic heterocycles. The van der Waals surface area contributed by atoms with Gasteiger partial charge in [-0.3, -0.25) is 14.7 Å². The zero-order valence-electron chi connectivity index (χ0n) is 14.2. The number of rotatable bonds is 5. The number of aryl methyl sites for hydroxylation is 1. The fourth-order valence-corrected chi connectivity index (χ4v) is 3.97. The molecule has 1 aliphatic rings. The summed E-state index contributed by atoms with van der Waals surface area (Å²) in [5, 5.41) is 2.01. The summed E-state index contributed by atoms with van der Waals surface area (Å²) in [7, 11) is 0. The third kappa shape index (κ3) is 3.75. The van der Waals surface area contributed by atoms with Gasteiger partial charge in [0.25, 0.3) is 0 Å². The van der Waals surface area contributed by atoms with Gasteiger partial charge in [-0.15, -0.1) is 11.3 Å². The van der Waals surface area contributed by atoms with Gasteiger partial charge in [-0.1, -0.05) is 0 Å². The lowest BCUT2D eigenvalue weighted by Crippen LogP contribution is -2.27. The van der Waals surface area contributed by atoms with Gasteiger partial charge < -0.3 is 0 Å². The van der Waals surface area contributed by atoms with Crippen molar-refractivity contribution in [1.29, 1.82) is 0 Å². The molecule has 0 atom stereocenters. The van der Waals surface area contributed by atoms with Crippen LogP contribution in [0.15, 0.2) is 30.6 Å². The maximum Gasteiger partial charge on any atom is 0.152 e. The standard InChI is InChI=1S/C19H20N4OS/c1-13-20-11-19(25-13)17-5-4-14-10-21-15(9-18(14)22-17)8-16(24)12-23-6-2-3-7-23/h4-5,9-11H,2-3,6-8,12H2,1H3. The number of likely N-dealkylation sites (tertiary alicyclic amines) is 1. The van der Waals surface area contributed by atoms with Crippen molar-refractivity contribution in [2.24, 2.45) is 0 Å². The molecular weight excluding hydrogens is 332 g/mol. The Hall–Kier alpha value is -2.18. The molecule has 1 aliphatic heterocycles. The van der Waals surface area contributed by atoms with Gasteiger partial charge in [-0.05, 0) is 51.1 Å². The van der Waals surface area contributed by atoms with Crippen LogP contribution in [-0.2, 0) is 11.2 Å². The minimum absolute atomic E-state index is 0.225. The molecule has 5 nitrogen and oxygen atoms in total. The first-order valence-corrected chi connectivity index (χ1v) is 9.41. The van der Waals surface area contributed by atoms with Crippen LogP contribution in [0.5, 0.6) is 0 Å². The lowest BCUT2D eigenvalue weighted by Gasteiger charge is -2.13. The van der Waals surface area contributed by atoms with E-state index in [0.29, 0.717) is 13.0 Å². The van der Waals surface area contributed by atoms with E-state index >= 15 is 0 Å². The molecule has 0 amide bonds. The minimum Gasteiger partial charge on any atom is -0.298 e. The number of nitrogens with zero attached hydrogens (tertiary/aromatic N) is 4. The Labute approximate surface area is 150 Å². The van der Waals surface area contributed by atoms with Crippen molar-refractivity contribution in [3.8, 4) is 10.6 Å². The Bertz CT molecular complexity index is 915. The summed E-state index contributed by atoms with van der Waals surface area (Å²) < 4.78 is 0. The number of hydrogen-bond acceptors (Lipinski definition) is 6. The molecule has 128 valence electrons. The number of carbonyl (C=O) groups excluding carboxylic acids is 1. The monoisotopic (exact) mass is 352 g/mol. The Morgan fingerprint density at radius 3 is 2.80 bits per heavy atom. The lowest BCUT2D eigenvalue weighted by atomic mass is 10.1. The van der Waals surface area contributed by atoms with E-state index in [0.717, 1.165) is 45.3 Å². The highest BCUT2D eigenvalue weighted by Gasteiger charge is 2.16. The van der Waals surface area contributed by atoms with E-state index in [-0.39, 0.29) is 5.78 Å². The van der Waals surface area contributed by atoms with Gasteiger partial charge in [-0.25, -0.2) is 9.97 Å². The van der Waals surface area contributed by atoms with E-state index in [1.165, 1.54) is 12.8 Å². The van der Waals surface area contributed by atoms with Gasteiger partial charge in [-0.2, -0.15) is 0 Å². The Morgan fingerprint density at radius 2 is 2.04 bits per heavy atom. The second-order valence-corrected chi connectivity index (χ2v) is 7.74. The number of fused-ring (bicyclic) bond motifs is 1. The van der Waals surface area contributed by atoms with Crippen LogP contribution in [0.2, 0.25) is 0 Å². The van der Waals surface area contributed by atoms with Gasteiger partial charge in [0.05, 0.1) is 34.1 Å². The van der Waals surface area contributed by atoms with Crippen LogP contribution in [0.4, 0.5) is 0 Å². The molecule has 4 heterocycles. The van der Waals surface area contributed by atoms with E-state index in [4.69, 9.17) is 4.98 Å². The second-order valence-electron chi connectivity index (χ2n) is 6.51. The van der Waals surface area contributed by atoms with Gasteiger partial charge in [0, 0.05) is 23.5 Å². The quantitative estimate of drug-likeness (QED) is 0.705. The molecule has 0 saturated carbocycles. The number of ketones is 1. The van der Waals surface area contributed by atoms with Crippen molar-refractivity contribution in [2.45, 2.75) is 26.2 Å². The van der Waals surface area contributed by atoms with E-state index in [1.54, 1.807) is 11.3 Å². The summed E-state index contributed by atoms with van der Waals surface area (Å²) in [6.45, 7) is 4.60. The molecule has 0 radical (unpaired) electrons. The van der Waals surface area contributed by atoms with E-state index in [1.807, 2.05) is 37.5 Å². The number of carbonyl (C=O) groups is 1. The number of aromatic nitrogens is 3. The zero-order valence-corrected chi connectivity index (χ0v) is 15.1. The normalized spacial score (nSPS) is 15.1. The topological polar surface area (TPSA) is 59.0 Å². The largest absolute Gasteiger partial charge is 0.298 e. The van der Waals surface area contributed by atoms with Crippen molar-refractivity contribution in [1.82, 2.24) is 19.9 Å².